The molecule has 6 nitrogen and oxygen atoms in total. The fourth-order valence-corrected chi connectivity index (χ4v) is 6.19. The van der Waals surface area contributed by atoms with Gasteiger partial charge in [-0.15, -0.1) is 0 Å². The van der Waals surface area contributed by atoms with Crippen molar-refractivity contribution in [2.75, 3.05) is 13.1 Å². The van der Waals surface area contributed by atoms with Crippen LogP contribution < -0.4 is 4.18 Å². The quantitative estimate of drug-likeness (QED) is 0.805. The highest BCUT2D eigenvalue weighted by atomic mass is 32.3. The third kappa shape index (κ3) is 2.56. The van der Waals surface area contributed by atoms with Crippen LogP contribution in [0.1, 0.15) is 43.4 Å². The van der Waals surface area contributed by atoms with E-state index >= 15 is 0 Å². The molecule has 2 N–H and O–H groups in total. The van der Waals surface area contributed by atoms with Gasteiger partial charge in [-0.05, 0) is 54.9 Å². The molecule has 4 heterocycles. The fraction of sp³-hybridized carbons (Fsp3) is 0.579. The summed E-state index contributed by atoms with van der Waals surface area (Å²) in [5.74, 6) is 2.24. The number of nitrogens with zero attached hydrogens (tertiary/aromatic N) is 1. The molecule has 6 rings (SSSR count). The van der Waals surface area contributed by atoms with E-state index in [2.05, 4.69) is 21.0 Å². The van der Waals surface area contributed by atoms with Crippen LogP contribution in [0.4, 0.5) is 0 Å². The van der Waals surface area contributed by atoms with Crippen molar-refractivity contribution in [3.8, 4) is 5.75 Å². The van der Waals surface area contributed by atoms with E-state index in [0.29, 0.717) is 12.0 Å². The molecule has 0 amide bonds. The lowest BCUT2D eigenvalue weighted by Crippen LogP contribution is -2.56. The molecule has 2 unspecified atom stereocenters. The molecule has 0 radical (unpaired) electrons. The summed E-state index contributed by atoms with van der Waals surface area (Å²) in [6.07, 6.45) is 4.79. The minimum Gasteiger partial charge on any atom is -0.362 e. The van der Waals surface area contributed by atoms with Crippen molar-refractivity contribution in [1.82, 2.24) is 9.88 Å². The van der Waals surface area contributed by atoms with E-state index in [-0.39, 0.29) is 5.75 Å². The molecule has 7 heteroatoms. The maximum atomic E-state index is 11.0. The van der Waals surface area contributed by atoms with Gasteiger partial charge in [0, 0.05) is 41.6 Å². The van der Waals surface area contributed by atoms with Gasteiger partial charge in [0.05, 0.1) is 0 Å². The second-order valence-electron chi connectivity index (χ2n) is 8.08. The number of benzene rings is 1. The van der Waals surface area contributed by atoms with Crippen LogP contribution >= 0.6 is 0 Å². The number of hydrogen-bond acceptors (Lipinski definition) is 4. The smallest absolute Gasteiger partial charge is 0.362 e. The van der Waals surface area contributed by atoms with E-state index in [1.165, 1.54) is 37.1 Å². The first-order valence-electron chi connectivity index (χ1n) is 9.48. The van der Waals surface area contributed by atoms with Gasteiger partial charge < -0.3 is 9.17 Å². The first-order valence-corrected chi connectivity index (χ1v) is 10.8. The molecule has 26 heavy (non-hydrogen) atoms. The molecular weight excluding hydrogens is 352 g/mol. The first kappa shape index (κ1) is 16.6. The van der Waals surface area contributed by atoms with Crippen molar-refractivity contribution in [1.29, 1.82) is 0 Å². The van der Waals surface area contributed by atoms with Gasteiger partial charge in [0.15, 0.2) is 0 Å². The van der Waals surface area contributed by atoms with E-state index < -0.39 is 10.4 Å². The van der Waals surface area contributed by atoms with Gasteiger partial charge in [-0.25, -0.2) is 0 Å². The molecule has 2 saturated heterocycles. The van der Waals surface area contributed by atoms with Crippen LogP contribution in [0.5, 0.6) is 5.75 Å². The van der Waals surface area contributed by atoms with E-state index in [4.69, 9.17) is 4.55 Å². The summed E-state index contributed by atoms with van der Waals surface area (Å²) in [4.78, 5) is 6.33. The Morgan fingerprint density at radius 3 is 2.96 bits per heavy atom. The molecular formula is C19H24N2O4S. The molecule has 2 aromatic rings. The Morgan fingerprint density at radius 2 is 2.19 bits per heavy atom. The topological polar surface area (TPSA) is 82.6 Å². The minimum atomic E-state index is -4.51. The third-order valence-electron chi connectivity index (χ3n) is 6.69. The Bertz CT molecular complexity index is 967. The second kappa shape index (κ2) is 5.71. The Balaban J connectivity index is 1.61. The maximum absolute atomic E-state index is 11.0. The molecule has 1 aromatic heterocycles. The van der Waals surface area contributed by atoms with Crippen molar-refractivity contribution >= 4 is 21.3 Å². The van der Waals surface area contributed by atoms with Crippen molar-refractivity contribution < 1.29 is 17.2 Å². The van der Waals surface area contributed by atoms with Gasteiger partial charge in [-0.1, -0.05) is 13.3 Å². The molecule has 140 valence electrons. The van der Waals surface area contributed by atoms with Gasteiger partial charge >= 0.3 is 10.4 Å². The molecule has 3 fully saturated rings. The van der Waals surface area contributed by atoms with E-state index in [0.717, 1.165) is 35.7 Å². The SMILES string of the molecule is CC[C@H]1C[C@H]2C[C@H]3c4[nH]c5ccc(OS(=O)(=O)O)cc5c4CCN(C2)C13. The second-order valence-corrected chi connectivity index (χ2v) is 9.11. The van der Waals surface area contributed by atoms with Gasteiger partial charge in [-0.2, -0.15) is 8.42 Å². The average Bonchev–Trinajstić information content (AvgIpc) is 2.91. The highest BCUT2D eigenvalue weighted by Crippen LogP contribution is 2.51. The van der Waals surface area contributed by atoms with Crippen LogP contribution in [-0.2, 0) is 16.8 Å². The minimum absolute atomic E-state index is 0.155. The Hall–Kier alpha value is -1.57. The van der Waals surface area contributed by atoms with E-state index in [1.54, 1.807) is 12.1 Å². The van der Waals surface area contributed by atoms with E-state index in [1.807, 2.05) is 6.07 Å². The first-order chi connectivity index (χ1) is 12.4. The zero-order valence-electron chi connectivity index (χ0n) is 14.8. The lowest BCUT2D eigenvalue weighted by molar-refractivity contribution is -0.0134. The number of aromatic nitrogens is 1. The standard InChI is InChI=1S/C19H24N2O4S/c1-2-12-7-11-8-16-18-14(5-6-21(10-11)19(12)16)15-9-13(25-26(22,23)24)3-4-17(15)20-18/h3-4,9,11-12,16,19-20H,2,5-8,10H2,1H3,(H,22,23,24)/t11-,12-,16-,19?/m0/s1. The largest absolute Gasteiger partial charge is 0.446 e. The highest BCUT2D eigenvalue weighted by molar-refractivity contribution is 7.81. The average molecular weight is 376 g/mol. The zero-order chi connectivity index (χ0) is 18.1. The van der Waals surface area contributed by atoms with Crippen LogP contribution in [0.2, 0.25) is 0 Å². The van der Waals surface area contributed by atoms with Crippen molar-refractivity contribution in [3.63, 3.8) is 0 Å². The van der Waals surface area contributed by atoms with Gasteiger partial charge in [0.25, 0.3) is 0 Å². The zero-order valence-corrected chi connectivity index (χ0v) is 15.6. The highest BCUT2D eigenvalue weighted by Gasteiger charge is 2.48. The molecule has 4 aliphatic rings. The van der Waals surface area contributed by atoms with Crippen molar-refractivity contribution in [2.45, 2.75) is 44.6 Å². The van der Waals surface area contributed by atoms with E-state index in [9.17, 15) is 8.42 Å². The number of nitrogens with one attached hydrogen (secondary N) is 1. The van der Waals surface area contributed by atoms with Gasteiger partial charge in [0.2, 0.25) is 0 Å². The molecule has 1 aliphatic carbocycles. The Kier molecular flexibility index (Phi) is 3.64. The van der Waals surface area contributed by atoms with Crippen molar-refractivity contribution in [3.05, 3.63) is 29.5 Å². The fourth-order valence-electron chi connectivity index (χ4n) is 5.85. The third-order valence-corrected chi connectivity index (χ3v) is 7.09. The number of piperidine rings is 2. The lowest BCUT2D eigenvalue weighted by atomic mass is 9.65. The molecule has 0 spiro atoms. The summed E-state index contributed by atoms with van der Waals surface area (Å²) in [5, 5.41) is 1.01. The summed E-state index contributed by atoms with van der Waals surface area (Å²) in [6.45, 7) is 4.58. The maximum Gasteiger partial charge on any atom is 0.446 e. The number of hydrogen-bond donors (Lipinski definition) is 2. The van der Waals surface area contributed by atoms with Crippen LogP contribution in [0.3, 0.4) is 0 Å². The number of fused-ring (bicyclic) bond motifs is 4. The predicted molar refractivity (Wildman–Crippen MR) is 98.8 cm³/mol. The molecule has 1 saturated carbocycles. The summed E-state index contributed by atoms with van der Waals surface area (Å²) < 4.78 is 35.7. The van der Waals surface area contributed by atoms with Crippen molar-refractivity contribution in [2.24, 2.45) is 11.8 Å². The van der Waals surface area contributed by atoms with Crippen LogP contribution in [-0.4, -0.2) is 42.0 Å². The molecule has 1 aromatic carbocycles. The van der Waals surface area contributed by atoms with Crippen LogP contribution in [0.15, 0.2) is 18.2 Å². The summed E-state index contributed by atoms with van der Waals surface area (Å²) >= 11 is 0. The molecule has 5 atom stereocenters. The summed E-state index contributed by atoms with van der Waals surface area (Å²) in [5.41, 5.74) is 3.63. The van der Waals surface area contributed by atoms with Gasteiger partial charge in [0.1, 0.15) is 5.75 Å². The number of rotatable bonds is 3. The lowest BCUT2D eigenvalue weighted by Gasteiger charge is -2.53. The Labute approximate surface area is 153 Å². The molecule has 4 bridgehead atoms. The monoisotopic (exact) mass is 376 g/mol. The summed E-state index contributed by atoms with van der Waals surface area (Å²) in [6, 6.07) is 5.78. The van der Waals surface area contributed by atoms with Crippen LogP contribution in [0.25, 0.3) is 10.9 Å². The molecule has 3 aliphatic heterocycles. The number of H-pyrrole nitrogens is 1. The Morgan fingerprint density at radius 1 is 1.35 bits per heavy atom. The van der Waals surface area contributed by atoms with Crippen LogP contribution in [0, 0.1) is 11.8 Å². The summed E-state index contributed by atoms with van der Waals surface area (Å²) in [7, 11) is -4.51. The van der Waals surface area contributed by atoms with Gasteiger partial charge in [-0.3, -0.25) is 9.45 Å². The predicted octanol–water partition coefficient (Wildman–Crippen LogP) is 3.11. The normalized spacial score (nSPS) is 33.1. The number of aromatic amines is 1.